The van der Waals surface area contributed by atoms with Gasteiger partial charge in [-0.25, -0.2) is 9.59 Å². The second-order valence-corrected chi connectivity index (χ2v) is 6.54. The van der Waals surface area contributed by atoms with Crippen LogP contribution in [0.4, 0.5) is 4.79 Å². The van der Waals surface area contributed by atoms with E-state index in [-0.39, 0.29) is 0 Å². The van der Waals surface area contributed by atoms with E-state index in [1.54, 1.807) is 41.5 Å². The molecule has 0 aliphatic heterocycles. The summed E-state index contributed by atoms with van der Waals surface area (Å²) >= 11 is 0. The third-order valence-corrected chi connectivity index (χ3v) is 2.30. The fraction of sp³-hybridized carbons (Fsp3) is 0.846. The maximum atomic E-state index is 12.2. The number of ether oxygens (including phenoxy) is 1. The Balaban J connectivity index is 5.45. The highest BCUT2D eigenvalue weighted by atomic mass is 16.6. The number of aliphatic carboxylic acids is 1. The topological polar surface area (TPSA) is 87.1 Å². The minimum absolute atomic E-state index is 0.734. The fourth-order valence-corrected chi connectivity index (χ4v) is 1.65. The molecule has 0 aliphatic rings. The zero-order chi connectivity index (χ0) is 15.6. The summed E-state index contributed by atoms with van der Waals surface area (Å²) in [5.74, 6) is -1.27. The van der Waals surface area contributed by atoms with Gasteiger partial charge in [0.15, 0.2) is 6.04 Å². The Bertz CT molecular complexity index is 338. The van der Waals surface area contributed by atoms with Crippen molar-refractivity contribution in [3.63, 3.8) is 0 Å². The van der Waals surface area contributed by atoms with E-state index in [4.69, 9.17) is 4.74 Å². The van der Waals surface area contributed by atoms with Gasteiger partial charge in [0.2, 0.25) is 0 Å². The third kappa shape index (κ3) is 5.46. The Morgan fingerprint density at radius 3 is 1.74 bits per heavy atom. The number of hydrogen-bond donors (Lipinski definition) is 2. The average molecular weight is 275 g/mol. The highest BCUT2D eigenvalue weighted by molar-refractivity contribution is 5.81. The van der Waals surface area contributed by atoms with Gasteiger partial charge in [-0.05, 0) is 48.5 Å². The summed E-state index contributed by atoms with van der Waals surface area (Å²) in [6.45, 7) is 11.5. The van der Waals surface area contributed by atoms with Gasteiger partial charge in [-0.15, -0.1) is 0 Å². The first-order chi connectivity index (χ1) is 8.27. The summed E-state index contributed by atoms with van der Waals surface area (Å²) in [6.07, 6.45) is -1.96. The summed E-state index contributed by atoms with van der Waals surface area (Å²) in [4.78, 5) is 24.5. The van der Waals surface area contributed by atoms with E-state index in [2.05, 4.69) is 0 Å². The molecule has 0 fully saturated rings. The zero-order valence-corrected chi connectivity index (χ0v) is 12.7. The normalized spacial score (nSPS) is 15.6. The number of aliphatic hydroxyl groups excluding tert-OH is 1. The molecular formula is C13H25NO5. The molecule has 0 rings (SSSR count). The molecule has 0 saturated heterocycles. The lowest BCUT2D eigenvalue weighted by atomic mass is 10.0. The summed E-state index contributed by atoms with van der Waals surface area (Å²) in [5, 5.41) is 18.8. The van der Waals surface area contributed by atoms with Crippen LogP contribution in [-0.2, 0) is 9.53 Å². The highest BCUT2D eigenvalue weighted by Gasteiger charge is 2.42. The van der Waals surface area contributed by atoms with Crippen LogP contribution in [0.25, 0.3) is 0 Å². The van der Waals surface area contributed by atoms with Gasteiger partial charge in [0, 0.05) is 5.54 Å². The number of nitrogens with zero attached hydrogens (tertiary/aromatic N) is 1. The maximum Gasteiger partial charge on any atom is 0.411 e. The number of rotatable bonds is 3. The van der Waals surface area contributed by atoms with Crippen LogP contribution in [0.5, 0.6) is 0 Å². The van der Waals surface area contributed by atoms with E-state index in [1.807, 2.05) is 0 Å². The summed E-state index contributed by atoms with van der Waals surface area (Å²) in [5.41, 5.74) is -1.52. The minimum atomic E-state index is -1.35. The molecule has 0 spiro atoms. The van der Waals surface area contributed by atoms with Crippen molar-refractivity contribution in [2.24, 2.45) is 0 Å². The van der Waals surface area contributed by atoms with E-state index >= 15 is 0 Å². The van der Waals surface area contributed by atoms with E-state index in [0.29, 0.717) is 0 Å². The molecular weight excluding hydrogens is 250 g/mol. The van der Waals surface area contributed by atoms with E-state index in [9.17, 15) is 19.8 Å². The number of amides is 1. The molecule has 0 aromatic carbocycles. The van der Waals surface area contributed by atoms with Crippen LogP contribution in [-0.4, -0.2) is 50.5 Å². The van der Waals surface area contributed by atoms with Gasteiger partial charge in [-0.1, -0.05) is 0 Å². The summed E-state index contributed by atoms with van der Waals surface area (Å²) < 4.78 is 5.22. The standard InChI is InChI=1S/C13H25NO5/c1-8(15)9(10(16)17)14(12(2,3)4)11(18)19-13(5,6)7/h8-9,15H,1-7H3,(H,16,17)/t8-,9+/m1/s1. The van der Waals surface area contributed by atoms with Crippen LogP contribution >= 0.6 is 0 Å². The van der Waals surface area contributed by atoms with Crippen molar-refractivity contribution < 1.29 is 24.5 Å². The molecule has 2 atom stereocenters. The maximum absolute atomic E-state index is 12.2. The van der Waals surface area contributed by atoms with Crippen molar-refractivity contribution in [1.82, 2.24) is 4.90 Å². The second kappa shape index (κ2) is 5.77. The van der Waals surface area contributed by atoms with Crippen molar-refractivity contribution in [3.05, 3.63) is 0 Å². The van der Waals surface area contributed by atoms with Crippen LogP contribution in [0, 0.1) is 0 Å². The SMILES string of the molecule is C[C@@H](O)[C@@H](C(=O)O)N(C(=O)OC(C)(C)C)C(C)(C)C. The highest BCUT2D eigenvalue weighted by Crippen LogP contribution is 2.23. The average Bonchev–Trinajstić information content (AvgIpc) is 2.06. The lowest BCUT2D eigenvalue weighted by Gasteiger charge is -2.41. The monoisotopic (exact) mass is 275 g/mol. The van der Waals surface area contributed by atoms with Gasteiger partial charge in [-0.3, -0.25) is 4.90 Å². The number of carbonyl (C=O) groups is 2. The van der Waals surface area contributed by atoms with Gasteiger partial charge in [-0.2, -0.15) is 0 Å². The van der Waals surface area contributed by atoms with Crippen LogP contribution in [0.2, 0.25) is 0 Å². The predicted octanol–water partition coefficient (Wildman–Crippen LogP) is 1.86. The largest absolute Gasteiger partial charge is 0.480 e. The van der Waals surface area contributed by atoms with E-state index in [0.717, 1.165) is 4.90 Å². The number of aliphatic hydroxyl groups is 1. The minimum Gasteiger partial charge on any atom is -0.480 e. The Kier molecular flexibility index (Phi) is 5.38. The number of carboxylic acids is 1. The van der Waals surface area contributed by atoms with Gasteiger partial charge in [0.25, 0.3) is 0 Å². The number of hydrogen-bond acceptors (Lipinski definition) is 4. The Morgan fingerprint density at radius 2 is 1.53 bits per heavy atom. The molecule has 2 N–H and O–H groups in total. The molecule has 0 unspecified atom stereocenters. The van der Waals surface area contributed by atoms with E-state index in [1.165, 1.54) is 6.92 Å². The Labute approximate surface area is 114 Å². The molecule has 19 heavy (non-hydrogen) atoms. The van der Waals surface area contributed by atoms with Crippen LogP contribution in [0.3, 0.4) is 0 Å². The van der Waals surface area contributed by atoms with Gasteiger partial charge in [0.05, 0.1) is 6.10 Å². The van der Waals surface area contributed by atoms with Crippen LogP contribution in [0.15, 0.2) is 0 Å². The first kappa shape index (κ1) is 17.7. The zero-order valence-electron chi connectivity index (χ0n) is 12.7. The first-order valence-electron chi connectivity index (χ1n) is 6.20. The summed E-state index contributed by atoms with van der Waals surface area (Å²) in [7, 11) is 0. The molecule has 112 valence electrons. The van der Waals surface area contributed by atoms with E-state index < -0.39 is 35.3 Å². The first-order valence-corrected chi connectivity index (χ1v) is 6.20. The Morgan fingerprint density at radius 1 is 1.11 bits per heavy atom. The van der Waals surface area contributed by atoms with Crippen LogP contribution < -0.4 is 0 Å². The molecule has 0 aromatic heterocycles. The third-order valence-electron chi connectivity index (χ3n) is 2.30. The number of carbonyl (C=O) groups excluding carboxylic acids is 1. The quantitative estimate of drug-likeness (QED) is 0.821. The molecule has 6 nitrogen and oxygen atoms in total. The van der Waals surface area contributed by atoms with Crippen LogP contribution in [0.1, 0.15) is 48.5 Å². The molecule has 0 aliphatic carbocycles. The van der Waals surface area contributed by atoms with Crippen molar-refractivity contribution in [2.45, 2.75) is 71.8 Å². The van der Waals surface area contributed by atoms with Gasteiger partial charge >= 0.3 is 12.1 Å². The summed E-state index contributed by atoms with van der Waals surface area (Å²) in [6, 6.07) is -1.35. The lowest BCUT2D eigenvalue weighted by molar-refractivity contribution is -0.150. The van der Waals surface area contributed by atoms with Gasteiger partial charge < -0.3 is 14.9 Å². The molecule has 0 radical (unpaired) electrons. The van der Waals surface area contributed by atoms with Crippen molar-refractivity contribution in [1.29, 1.82) is 0 Å². The Hall–Kier alpha value is -1.30. The van der Waals surface area contributed by atoms with Crippen molar-refractivity contribution in [2.75, 3.05) is 0 Å². The van der Waals surface area contributed by atoms with Gasteiger partial charge in [0.1, 0.15) is 5.60 Å². The fourth-order valence-electron chi connectivity index (χ4n) is 1.65. The second-order valence-electron chi connectivity index (χ2n) is 6.54. The smallest absolute Gasteiger partial charge is 0.411 e. The molecule has 6 heteroatoms. The molecule has 0 bridgehead atoms. The van der Waals surface area contributed by atoms with Crippen molar-refractivity contribution in [3.8, 4) is 0 Å². The molecule has 1 amide bonds. The predicted molar refractivity (Wildman–Crippen MR) is 70.9 cm³/mol. The number of carboxylic acid groups (broad SMARTS) is 1. The molecule has 0 saturated carbocycles. The van der Waals surface area contributed by atoms with Crippen molar-refractivity contribution >= 4 is 12.1 Å². The lowest BCUT2D eigenvalue weighted by Crippen LogP contribution is -2.59. The molecule has 0 aromatic rings. The molecule has 0 heterocycles.